The number of likely N-dealkylation sites (tertiary alicyclic amines) is 1. The van der Waals surface area contributed by atoms with E-state index >= 15 is 0 Å². The Labute approximate surface area is 130 Å². The lowest BCUT2D eigenvalue weighted by Crippen LogP contribution is -2.45. The predicted molar refractivity (Wildman–Crippen MR) is 71.3 cm³/mol. The van der Waals surface area contributed by atoms with Gasteiger partial charge < -0.3 is 20.4 Å². The third kappa shape index (κ3) is 5.70. The van der Waals surface area contributed by atoms with Gasteiger partial charge in [-0.1, -0.05) is 0 Å². The summed E-state index contributed by atoms with van der Waals surface area (Å²) in [6, 6.07) is -0.941. The van der Waals surface area contributed by atoms with Crippen LogP contribution >= 0.6 is 0 Å². The Morgan fingerprint density at radius 2 is 1.91 bits per heavy atom. The van der Waals surface area contributed by atoms with Crippen molar-refractivity contribution >= 4 is 17.8 Å². The Hall–Kier alpha value is -1.84. The zero-order valence-electron chi connectivity index (χ0n) is 12.3. The number of aliphatic carboxylic acids is 1. The molecule has 0 aliphatic carbocycles. The first-order valence-electron chi connectivity index (χ1n) is 7.21. The summed E-state index contributed by atoms with van der Waals surface area (Å²) in [5, 5.41) is 20.4. The van der Waals surface area contributed by atoms with E-state index < -0.39 is 36.1 Å². The van der Waals surface area contributed by atoms with Gasteiger partial charge in [-0.15, -0.1) is 0 Å². The van der Waals surface area contributed by atoms with Crippen LogP contribution in [0.5, 0.6) is 0 Å². The normalized spacial score (nSPS) is 19.5. The quantitative estimate of drug-likeness (QED) is 0.577. The number of nitrogens with one attached hydrogen (secondary N) is 1. The van der Waals surface area contributed by atoms with Gasteiger partial charge in [-0.25, -0.2) is 4.79 Å². The first-order chi connectivity index (χ1) is 10.6. The van der Waals surface area contributed by atoms with Crippen LogP contribution in [-0.2, 0) is 14.4 Å². The highest BCUT2D eigenvalue weighted by molar-refractivity contribution is 5.86. The van der Waals surface area contributed by atoms with Crippen LogP contribution < -0.4 is 5.32 Å². The summed E-state index contributed by atoms with van der Waals surface area (Å²) >= 11 is 0. The number of nitrogens with zero attached hydrogens (tertiary/aromatic N) is 1. The molecule has 132 valence electrons. The van der Waals surface area contributed by atoms with Gasteiger partial charge >= 0.3 is 18.1 Å². The zero-order valence-corrected chi connectivity index (χ0v) is 12.3. The maximum atomic E-state index is 12.0. The molecule has 1 fully saturated rings. The molecule has 0 aromatic carbocycles. The lowest BCUT2D eigenvalue weighted by atomic mass is 10.1. The Morgan fingerprint density at radius 1 is 1.26 bits per heavy atom. The number of aliphatic hydroxyl groups is 1. The smallest absolute Gasteiger partial charge is 0.471 e. The highest BCUT2D eigenvalue weighted by atomic mass is 19.4. The molecule has 0 aromatic rings. The second-order valence-corrected chi connectivity index (χ2v) is 5.29. The molecule has 3 N–H and O–H groups in total. The number of aliphatic hydroxyl groups excluding tert-OH is 1. The molecular weight excluding hydrogens is 321 g/mol. The monoisotopic (exact) mass is 340 g/mol. The summed E-state index contributed by atoms with van der Waals surface area (Å²) in [5.74, 6) is -3.84. The van der Waals surface area contributed by atoms with E-state index in [4.69, 9.17) is 5.11 Å². The molecule has 23 heavy (non-hydrogen) atoms. The van der Waals surface area contributed by atoms with Gasteiger partial charge in [0.1, 0.15) is 12.1 Å². The number of alkyl halides is 3. The van der Waals surface area contributed by atoms with Gasteiger partial charge in [-0.05, 0) is 32.1 Å². The Morgan fingerprint density at radius 3 is 2.48 bits per heavy atom. The van der Waals surface area contributed by atoms with Gasteiger partial charge in [0.15, 0.2) is 0 Å². The average molecular weight is 340 g/mol. The van der Waals surface area contributed by atoms with E-state index in [1.54, 1.807) is 5.32 Å². The van der Waals surface area contributed by atoms with Crippen LogP contribution in [-0.4, -0.2) is 64.3 Å². The van der Waals surface area contributed by atoms with E-state index in [0.29, 0.717) is 12.8 Å². The number of hydrogen-bond donors (Lipinski definition) is 3. The summed E-state index contributed by atoms with van der Waals surface area (Å²) in [6.45, 7) is 0.0369. The number of hydrogen-bond acceptors (Lipinski definition) is 4. The molecule has 1 aliphatic heterocycles. The fourth-order valence-electron chi connectivity index (χ4n) is 2.37. The third-order valence-electron chi connectivity index (χ3n) is 3.55. The zero-order chi connectivity index (χ0) is 17.6. The van der Waals surface area contributed by atoms with Crippen molar-refractivity contribution in [2.45, 2.75) is 50.4 Å². The maximum absolute atomic E-state index is 12.0. The molecule has 1 rings (SSSR count). The van der Waals surface area contributed by atoms with Crippen LogP contribution in [0.1, 0.15) is 32.1 Å². The molecule has 2 amide bonds. The molecule has 0 radical (unpaired) electrons. The molecule has 10 heteroatoms. The fraction of sp³-hybridized carbons (Fsp3) is 0.769. The van der Waals surface area contributed by atoms with Crippen molar-refractivity contribution in [3.63, 3.8) is 0 Å². The Bertz CT molecular complexity index is 455. The molecule has 1 saturated heterocycles. The van der Waals surface area contributed by atoms with Crippen LogP contribution in [0.25, 0.3) is 0 Å². The number of unbranched alkanes of at least 4 members (excludes halogenated alkanes) is 1. The third-order valence-corrected chi connectivity index (χ3v) is 3.55. The minimum absolute atomic E-state index is 0.0104. The van der Waals surface area contributed by atoms with E-state index in [9.17, 15) is 32.7 Å². The number of rotatable bonds is 7. The Balaban J connectivity index is 2.28. The minimum Gasteiger partial charge on any atom is -0.480 e. The number of carboxylic acids is 1. The molecule has 7 nitrogen and oxygen atoms in total. The molecular formula is C13H19F3N2O5. The Kier molecular flexibility index (Phi) is 6.79. The molecule has 0 aromatic heterocycles. The van der Waals surface area contributed by atoms with Crippen molar-refractivity contribution in [2.24, 2.45) is 0 Å². The van der Waals surface area contributed by atoms with Crippen LogP contribution in [0.4, 0.5) is 13.2 Å². The highest BCUT2D eigenvalue weighted by Crippen LogP contribution is 2.19. The SMILES string of the molecule is O=C(O)[C@@H]1CCCN1C(=O)C(O)CCCCNC(=O)C(F)(F)F. The molecule has 1 heterocycles. The second-order valence-electron chi connectivity index (χ2n) is 5.29. The van der Waals surface area contributed by atoms with Crippen molar-refractivity contribution in [1.82, 2.24) is 10.2 Å². The summed E-state index contributed by atoms with van der Waals surface area (Å²) < 4.78 is 35.8. The molecule has 0 saturated carbocycles. The summed E-state index contributed by atoms with van der Waals surface area (Å²) in [5.41, 5.74) is 0. The predicted octanol–water partition coefficient (Wildman–Crippen LogP) is 0.272. The van der Waals surface area contributed by atoms with Crippen LogP contribution in [0.2, 0.25) is 0 Å². The van der Waals surface area contributed by atoms with E-state index in [-0.39, 0.29) is 32.4 Å². The van der Waals surface area contributed by atoms with Crippen molar-refractivity contribution in [3.8, 4) is 0 Å². The molecule has 1 aliphatic rings. The average Bonchev–Trinajstić information content (AvgIpc) is 2.94. The lowest BCUT2D eigenvalue weighted by molar-refractivity contribution is -0.173. The maximum Gasteiger partial charge on any atom is 0.471 e. The second kappa shape index (κ2) is 8.14. The largest absolute Gasteiger partial charge is 0.480 e. The van der Waals surface area contributed by atoms with Gasteiger partial charge in [0, 0.05) is 13.1 Å². The first kappa shape index (κ1) is 19.2. The van der Waals surface area contributed by atoms with Crippen LogP contribution in [0, 0.1) is 0 Å². The summed E-state index contributed by atoms with van der Waals surface area (Å²) in [4.78, 5) is 34.6. The first-order valence-corrected chi connectivity index (χ1v) is 7.21. The van der Waals surface area contributed by atoms with Gasteiger partial charge in [-0.3, -0.25) is 9.59 Å². The molecule has 0 spiro atoms. The van der Waals surface area contributed by atoms with Gasteiger partial charge in [0.2, 0.25) is 0 Å². The fourth-order valence-corrected chi connectivity index (χ4v) is 2.37. The van der Waals surface area contributed by atoms with Gasteiger partial charge in [-0.2, -0.15) is 13.2 Å². The number of amides is 2. The van der Waals surface area contributed by atoms with Crippen molar-refractivity contribution in [3.05, 3.63) is 0 Å². The number of halogens is 3. The summed E-state index contributed by atoms with van der Waals surface area (Å²) in [7, 11) is 0. The summed E-state index contributed by atoms with van der Waals surface area (Å²) in [6.07, 6.45) is -5.09. The molecule has 2 atom stereocenters. The van der Waals surface area contributed by atoms with Crippen LogP contribution in [0.15, 0.2) is 0 Å². The molecule has 0 bridgehead atoms. The van der Waals surface area contributed by atoms with Crippen molar-refractivity contribution < 1.29 is 37.8 Å². The van der Waals surface area contributed by atoms with Gasteiger partial charge in [0.05, 0.1) is 0 Å². The van der Waals surface area contributed by atoms with Gasteiger partial charge in [0.25, 0.3) is 5.91 Å². The van der Waals surface area contributed by atoms with E-state index in [0.717, 1.165) is 4.90 Å². The standard InChI is InChI=1S/C13H19F3N2O5/c14-13(15,16)12(23)17-6-2-1-5-9(19)10(20)18-7-3-4-8(18)11(21)22/h8-9,19H,1-7H2,(H,17,23)(H,21,22)/t8-,9?/m0/s1. The number of carbonyl (C=O) groups is 3. The van der Waals surface area contributed by atoms with Crippen LogP contribution in [0.3, 0.4) is 0 Å². The highest BCUT2D eigenvalue weighted by Gasteiger charge is 2.38. The minimum atomic E-state index is -4.93. The van der Waals surface area contributed by atoms with E-state index in [1.807, 2.05) is 0 Å². The molecule has 1 unspecified atom stereocenters. The van der Waals surface area contributed by atoms with Crippen molar-refractivity contribution in [1.29, 1.82) is 0 Å². The van der Waals surface area contributed by atoms with Crippen molar-refractivity contribution in [2.75, 3.05) is 13.1 Å². The number of carbonyl (C=O) groups excluding carboxylic acids is 2. The van der Waals surface area contributed by atoms with E-state index in [2.05, 4.69) is 0 Å². The van der Waals surface area contributed by atoms with E-state index in [1.165, 1.54) is 0 Å². The number of carboxylic acid groups (broad SMARTS) is 1. The topological polar surface area (TPSA) is 107 Å². The lowest BCUT2D eigenvalue weighted by Gasteiger charge is -2.24.